The van der Waals surface area contributed by atoms with Crippen LogP contribution in [0.2, 0.25) is 0 Å². The zero-order valence-corrected chi connectivity index (χ0v) is 45.8. The minimum Gasteiger partial charge on any atom is -0.462 e. The summed E-state index contributed by atoms with van der Waals surface area (Å²) in [6.07, 6.45) is 72.1. The molecule has 0 aliphatic rings. The van der Waals surface area contributed by atoms with E-state index in [9.17, 15) is 14.4 Å². The first-order valence-corrected chi connectivity index (χ1v) is 29.8. The molecule has 0 aromatic carbocycles. The first-order chi connectivity index (χ1) is 34.0. The molecule has 0 saturated carbocycles. The van der Waals surface area contributed by atoms with E-state index in [0.717, 1.165) is 83.5 Å². The van der Waals surface area contributed by atoms with Crippen LogP contribution in [0.15, 0.2) is 60.8 Å². The van der Waals surface area contributed by atoms with Gasteiger partial charge in [0.1, 0.15) is 13.2 Å². The second-order valence-electron chi connectivity index (χ2n) is 19.9. The average molecular weight is 966 g/mol. The van der Waals surface area contributed by atoms with Crippen molar-refractivity contribution in [1.82, 2.24) is 0 Å². The van der Waals surface area contributed by atoms with Gasteiger partial charge < -0.3 is 14.2 Å². The normalized spacial score (nSPS) is 12.4. The number of esters is 3. The summed E-state index contributed by atoms with van der Waals surface area (Å²) < 4.78 is 16.9. The molecule has 0 unspecified atom stereocenters. The van der Waals surface area contributed by atoms with Crippen LogP contribution in [-0.2, 0) is 28.6 Å². The van der Waals surface area contributed by atoms with Gasteiger partial charge in [-0.05, 0) is 109 Å². The highest BCUT2D eigenvalue weighted by atomic mass is 16.6. The van der Waals surface area contributed by atoms with E-state index in [1.165, 1.54) is 180 Å². The molecule has 0 aromatic heterocycles. The van der Waals surface area contributed by atoms with E-state index in [2.05, 4.69) is 81.5 Å². The lowest BCUT2D eigenvalue weighted by Gasteiger charge is -2.18. The van der Waals surface area contributed by atoms with E-state index in [1.807, 2.05) is 0 Å². The SMILES string of the molecule is CCCCC/C=C\C/C=C\C/C=C\CCCCCCCCC(=O)OC[C@@H](COC(=O)CCCCCCC/C=C\CCCCCC)OC(=O)CCCCCCCCCCC/C=C\CCCCCCCC. The van der Waals surface area contributed by atoms with Crippen molar-refractivity contribution in [3.05, 3.63) is 60.8 Å². The van der Waals surface area contributed by atoms with E-state index < -0.39 is 6.10 Å². The third-order valence-electron chi connectivity index (χ3n) is 13.0. The van der Waals surface area contributed by atoms with Crippen molar-refractivity contribution in [2.45, 2.75) is 309 Å². The van der Waals surface area contributed by atoms with Gasteiger partial charge in [-0.2, -0.15) is 0 Å². The molecular formula is C63H112O6. The molecule has 0 saturated heterocycles. The summed E-state index contributed by atoms with van der Waals surface area (Å²) in [4.78, 5) is 38.2. The fraction of sp³-hybridized carbons (Fsp3) is 0.794. The van der Waals surface area contributed by atoms with Crippen LogP contribution in [0.4, 0.5) is 0 Å². The van der Waals surface area contributed by atoms with Crippen LogP contribution in [0.25, 0.3) is 0 Å². The average Bonchev–Trinajstić information content (AvgIpc) is 3.35. The van der Waals surface area contributed by atoms with Crippen LogP contribution in [0.5, 0.6) is 0 Å². The Morgan fingerprint density at radius 1 is 0.290 bits per heavy atom. The summed E-state index contributed by atoms with van der Waals surface area (Å²) in [6, 6.07) is 0. The van der Waals surface area contributed by atoms with Crippen LogP contribution in [0, 0.1) is 0 Å². The molecule has 69 heavy (non-hydrogen) atoms. The molecular weight excluding hydrogens is 853 g/mol. The lowest BCUT2D eigenvalue weighted by atomic mass is 10.1. The summed E-state index contributed by atoms with van der Waals surface area (Å²) >= 11 is 0. The molecule has 6 nitrogen and oxygen atoms in total. The highest BCUT2D eigenvalue weighted by Gasteiger charge is 2.19. The summed E-state index contributed by atoms with van der Waals surface area (Å²) in [7, 11) is 0. The molecule has 0 heterocycles. The second kappa shape index (κ2) is 57.7. The van der Waals surface area contributed by atoms with Gasteiger partial charge in [0.05, 0.1) is 0 Å². The standard InChI is InChI=1S/C63H112O6/c1-4-7-10-13-16-19-22-25-27-29-31-33-35-38-41-44-47-50-53-56-62(65)68-59-60(58-67-61(64)55-52-49-46-43-40-37-24-21-18-15-12-9-6-3)69-63(66)57-54-51-48-45-42-39-36-34-32-30-28-26-23-20-17-14-11-8-5-2/h16,19,21,24-28,31,33,60H,4-15,17-18,20,22-23,29-30,32,34-59H2,1-3H3/b19-16-,24-21-,27-25-,28-26-,33-31-/t60-/m1/s1. The number of carbonyl (C=O) groups excluding carboxylic acids is 3. The maximum absolute atomic E-state index is 12.9. The van der Waals surface area contributed by atoms with Gasteiger partial charge in [0.2, 0.25) is 0 Å². The summed E-state index contributed by atoms with van der Waals surface area (Å²) in [6.45, 7) is 6.60. The van der Waals surface area contributed by atoms with Crippen molar-refractivity contribution in [2.24, 2.45) is 0 Å². The Bertz CT molecular complexity index is 1250. The van der Waals surface area contributed by atoms with E-state index in [1.54, 1.807) is 0 Å². The molecule has 1 atom stereocenters. The molecule has 0 radical (unpaired) electrons. The van der Waals surface area contributed by atoms with Crippen molar-refractivity contribution in [3.8, 4) is 0 Å². The quantitative estimate of drug-likeness (QED) is 0.0262. The molecule has 400 valence electrons. The largest absolute Gasteiger partial charge is 0.462 e. The highest BCUT2D eigenvalue weighted by Crippen LogP contribution is 2.15. The van der Waals surface area contributed by atoms with Crippen LogP contribution in [0.3, 0.4) is 0 Å². The Morgan fingerprint density at radius 2 is 0.522 bits per heavy atom. The molecule has 0 rings (SSSR count). The lowest BCUT2D eigenvalue weighted by Crippen LogP contribution is -2.30. The third kappa shape index (κ3) is 55.9. The predicted octanol–water partition coefficient (Wildman–Crippen LogP) is 20.0. The van der Waals surface area contributed by atoms with Crippen LogP contribution < -0.4 is 0 Å². The van der Waals surface area contributed by atoms with Gasteiger partial charge in [-0.1, -0.05) is 236 Å². The monoisotopic (exact) mass is 965 g/mol. The lowest BCUT2D eigenvalue weighted by molar-refractivity contribution is -0.167. The number of allylic oxidation sites excluding steroid dienone is 10. The minimum absolute atomic E-state index is 0.0825. The third-order valence-corrected chi connectivity index (χ3v) is 13.0. The van der Waals surface area contributed by atoms with Crippen molar-refractivity contribution >= 4 is 17.9 Å². The van der Waals surface area contributed by atoms with Gasteiger partial charge in [0.25, 0.3) is 0 Å². The minimum atomic E-state index is -0.784. The summed E-state index contributed by atoms with van der Waals surface area (Å²) in [5, 5.41) is 0. The zero-order chi connectivity index (χ0) is 50.0. The van der Waals surface area contributed by atoms with Gasteiger partial charge in [-0.25, -0.2) is 0 Å². The number of carbonyl (C=O) groups is 3. The fourth-order valence-electron chi connectivity index (χ4n) is 8.44. The van der Waals surface area contributed by atoms with E-state index in [4.69, 9.17) is 14.2 Å². The van der Waals surface area contributed by atoms with Crippen molar-refractivity contribution < 1.29 is 28.6 Å². The zero-order valence-electron chi connectivity index (χ0n) is 45.8. The topological polar surface area (TPSA) is 78.9 Å². The van der Waals surface area contributed by atoms with Gasteiger partial charge in [-0.15, -0.1) is 0 Å². The Hall–Kier alpha value is -2.89. The van der Waals surface area contributed by atoms with Gasteiger partial charge in [0.15, 0.2) is 6.10 Å². The number of rotatable bonds is 54. The Morgan fingerprint density at radius 3 is 0.870 bits per heavy atom. The Labute approximate surface area is 428 Å². The molecule has 6 heteroatoms. The predicted molar refractivity (Wildman–Crippen MR) is 298 cm³/mol. The molecule has 0 bridgehead atoms. The summed E-state index contributed by atoms with van der Waals surface area (Å²) in [5.41, 5.74) is 0. The molecule has 0 spiro atoms. The number of ether oxygens (including phenoxy) is 3. The van der Waals surface area contributed by atoms with Gasteiger partial charge >= 0.3 is 17.9 Å². The van der Waals surface area contributed by atoms with Crippen LogP contribution in [0.1, 0.15) is 303 Å². The smallest absolute Gasteiger partial charge is 0.306 e. The molecule has 0 aliphatic heterocycles. The molecule has 0 amide bonds. The van der Waals surface area contributed by atoms with Gasteiger partial charge in [-0.3, -0.25) is 14.4 Å². The van der Waals surface area contributed by atoms with Gasteiger partial charge in [0, 0.05) is 19.3 Å². The van der Waals surface area contributed by atoms with E-state index >= 15 is 0 Å². The van der Waals surface area contributed by atoms with Crippen LogP contribution in [-0.4, -0.2) is 37.2 Å². The fourth-order valence-corrected chi connectivity index (χ4v) is 8.44. The van der Waals surface area contributed by atoms with E-state index in [0.29, 0.717) is 19.3 Å². The molecule has 0 N–H and O–H groups in total. The first-order valence-electron chi connectivity index (χ1n) is 29.8. The number of hydrogen-bond acceptors (Lipinski definition) is 6. The van der Waals surface area contributed by atoms with E-state index in [-0.39, 0.29) is 31.1 Å². The first kappa shape index (κ1) is 66.1. The Kier molecular flexibility index (Phi) is 55.3. The number of hydrogen-bond donors (Lipinski definition) is 0. The molecule has 0 aliphatic carbocycles. The molecule has 0 fully saturated rings. The van der Waals surface area contributed by atoms with Crippen LogP contribution >= 0.6 is 0 Å². The summed E-state index contributed by atoms with van der Waals surface area (Å²) in [5.74, 6) is -0.893. The highest BCUT2D eigenvalue weighted by molar-refractivity contribution is 5.71. The van der Waals surface area contributed by atoms with Crippen molar-refractivity contribution in [1.29, 1.82) is 0 Å². The Balaban J connectivity index is 4.38. The number of unbranched alkanes of at least 4 members (excludes halogenated alkanes) is 33. The van der Waals surface area contributed by atoms with Crippen molar-refractivity contribution in [3.63, 3.8) is 0 Å². The maximum Gasteiger partial charge on any atom is 0.306 e. The molecule has 0 aromatic rings. The maximum atomic E-state index is 12.9. The van der Waals surface area contributed by atoms with Crippen molar-refractivity contribution in [2.75, 3.05) is 13.2 Å². The second-order valence-corrected chi connectivity index (χ2v) is 19.9.